The van der Waals surface area contributed by atoms with Crippen molar-refractivity contribution >= 4 is 28.5 Å². The molecule has 1 aromatic heterocycles. The highest BCUT2D eigenvalue weighted by Crippen LogP contribution is 2.22. The number of methoxy groups -OCH3 is 1. The van der Waals surface area contributed by atoms with Crippen LogP contribution in [0.3, 0.4) is 0 Å². The molecule has 0 fully saturated rings. The molecular formula is C19H18N2O4. The predicted octanol–water partition coefficient (Wildman–Crippen LogP) is 3.38. The minimum Gasteiger partial charge on any atom is -0.497 e. The van der Waals surface area contributed by atoms with E-state index in [1.165, 1.54) is 6.07 Å². The number of aromatic carboxylic acids is 1. The second-order valence-corrected chi connectivity index (χ2v) is 5.58. The van der Waals surface area contributed by atoms with Crippen LogP contribution in [0.4, 0.5) is 5.69 Å². The molecule has 128 valence electrons. The van der Waals surface area contributed by atoms with E-state index >= 15 is 0 Å². The van der Waals surface area contributed by atoms with Crippen LogP contribution in [0.2, 0.25) is 0 Å². The largest absolute Gasteiger partial charge is 0.497 e. The van der Waals surface area contributed by atoms with Crippen LogP contribution < -0.4 is 10.1 Å². The first-order chi connectivity index (χ1) is 12.1. The fourth-order valence-corrected chi connectivity index (χ4v) is 2.70. The van der Waals surface area contributed by atoms with E-state index < -0.39 is 5.97 Å². The van der Waals surface area contributed by atoms with E-state index in [9.17, 15) is 9.59 Å². The van der Waals surface area contributed by atoms with E-state index in [1.54, 1.807) is 25.3 Å². The second-order valence-electron chi connectivity index (χ2n) is 5.58. The summed E-state index contributed by atoms with van der Waals surface area (Å²) in [6.45, 7) is 0.484. The van der Waals surface area contributed by atoms with Gasteiger partial charge in [0.2, 0.25) is 5.91 Å². The number of fused-ring (bicyclic) bond motifs is 1. The van der Waals surface area contributed by atoms with E-state index in [0.29, 0.717) is 12.2 Å². The standard InChI is InChI=1S/C19H18N2O4/c1-25-14-7-6-13-8-10-21(17(13)12-14)11-9-18(22)20-16-5-3-2-4-15(16)19(23)24/h2-8,10,12H,9,11H2,1H3,(H,20,22)(H,23,24). The number of carbonyl (C=O) groups is 2. The molecule has 0 aliphatic heterocycles. The number of para-hydroxylation sites is 1. The maximum absolute atomic E-state index is 12.2. The lowest BCUT2D eigenvalue weighted by Crippen LogP contribution is -2.16. The SMILES string of the molecule is COc1ccc2ccn(CCC(=O)Nc3ccccc3C(=O)O)c2c1. The smallest absolute Gasteiger partial charge is 0.337 e. The van der Waals surface area contributed by atoms with Crippen molar-refractivity contribution in [2.75, 3.05) is 12.4 Å². The normalized spacial score (nSPS) is 10.6. The summed E-state index contributed by atoms with van der Waals surface area (Å²) in [5.41, 5.74) is 1.36. The summed E-state index contributed by atoms with van der Waals surface area (Å²) in [7, 11) is 1.61. The van der Waals surface area contributed by atoms with Crippen molar-refractivity contribution in [3.63, 3.8) is 0 Å². The molecule has 3 aromatic rings. The molecule has 0 bridgehead atoms. The summed E-state index contributed by atoms with van der Waals surface area (Å²) in [6, 6.07) is 14.1. The van der Waals surface area contributed by atoms with Crippen molar-refractivity contribution in [1.29, 1.82) is 0 Å². The number of aryl methyl sites for hydroxylation is 1. The number of benzene rings is 2. The third kappa shape index (κ3) is 3.63. The quantitative estimate of drug-likeness (QED) is 0.722. The zero-order valence-corrected chi connectivity index (χ0v) is 13.7. The Morgan fingerprint density at radius 2 is 1.96 bits per heavy atom. The van der Waals surface area contributed by atoms with Gasteiger partial charge in [-0.3, -0.25) is 4.79 Å². The third-order valence-electron chi connectivity index (χ3n) is 3.99. The number of rotatable bonds is 6. The molecule has 0 radical (unpaired) electrons. The molecule has 0 aliphatic rings. The van der Waals surface area contributed by atoms with Crippen LogP contribution in [-0.2, 0) is 11.3 Å². The summed E-state index contributed by atoms with van der Waals surface area (Å²) < 4.78 is 7.21. The molecule has 0 saturated heterocycles. The van der Waals surface area contributed by atoms with Crippen LogP contribution in [0.25, 0.3) is 10.9 Å². The van der Waals surface area contributed by atoms with Crippen LogP contribution in [0.5, 0.6) is 5.75 Å². The lowest BCUT2D eigenvalue weighted by Gasteiger charge is -2.09. The van der Waals surface area contributed by atoms with Crippen molar-refractivity contribution < 1.29 is 19.4 Å². The molecule has 1 heterocycles. The van der Waals surface area contributed by atoms with E-state index in [1.807, 2.05) is 35.0 Å². The third-order valence-corrected chi connectivity index (χ3v) is 3.99. The lowest BCUT2D eigenvalue weighted by atomic mass is 10.2. The Hall–Kier alpha value is -3.28. The monoisotopic (exact) mass is 338 g/mol. The molecule has 0 saturated carbocycles. The van der Waals surface area contributed by atoms with Crippen molar-refractivity contribution in [2.24, 2.45) is 0 Å². The molecule has 2 N–H and O–H groups in total. The molecule has 3 rings (SSSR count). The molecule has 0 aliphatic carbocycles. The fraction of sp³-hybridized carbons (Fsp3) is 0.158. The highest BCUT2D eigenvalue weighted by atomic mass is 16.5. The van der Waals surface area contributed by atoms with Gasteiger partial charge in [-0.2, -0.15) is 0 Å². The molecule has 6 heteroatoms. The average molecular weight is 338 g/mol. The fourth-order valence-electron chi connectivity index (χ4n) is 2.70. The Morgan fingerprint density at radius 3 is 2.72 bits per heavy atom. The molecule has 0 atom stereocenters. The number of nitrogens with zero attached hydrogens (tertiary/aromatic N) is 1. The van der Waals surface area contributed by atoms with E-state index in [-0.39, 0.29) is 17.9 Å². The minimum absolute atomic E-state index is 0.0759. The number of hydrogen-bond acceptors (Lipinski definition) is 3. The Kier molecular flexibility index (Phi) is 4.70. The van der Waals surface area contributed by atoms with Gasteiger partial charge in [0.25, 0.3) is 0 Å². The topological polar surface area (TPSA) is 80.6 Å². The van der Waals surface area contributed by atoms with Gasteiger partial charge in [-0.25, -0.2) is 4.79 Å². The number of hydrogen-bond donors (Lipinski definition) is 2. The molecular weight excluding hydrogens is 320 g/mol. The van der Waals surface area contributed by atoms with Gasteiger partial charge < -0.3 is 19.7 Å². The van der Waals surface area contributed by atoms with Crippen molar-refractivity contribution in [1.82, 2.24) is 4.57 Å². The average Bonchev–Trinajstić information content (AvgIpc) is 3.02. The summed E-state index contributed by atoms with van der Waals surface area (Å²) >= 11 is 0. The number of carboxylic acids is 1. The van der Waals surface area contributed by atoms with Gasteiger partial charge in [-0.1, -0.05) is 12.1 Å². The van der Waals surface area contributed by atoms with Gasteiger partial charge in [0.15, 0.2) is 0 Å². The Morgan fingerprint density at radius 1 is 1.16 bits per heavy atom. The summed E-state index contributed by atoms with van der Waals surface area (Å²) in [5.74, 6) is -0.551. The van der Waals surface area contributed by atoms with Gasteiger partial charge in [-0.05, 0) is 35.7 Å². The first-order valence-electron chi connectivity index (χ1n) is 7.83. The molecule has 2 aromatic carbocycles. The molecule has 6 nitrogen and oxygen atoms in total. The maximum atomic E-state index is 12.2. The first-order valence-corrected chi connectivity index (χ1v) is 7.83. The minimum atomic E-state index is -1.07. The number of aromatic nitrogens is 1. The zero-order valence-electron chi connectivity index (χ0n) is 13.7. The van der Waals surface area contributed by atoms with Gasteiger partial charge in [0.05, 0.1) is 23.9 Å². The first kappa shape index (κ1) is 16.6. The van der Waals surface area contributed by atoms with Crippen molar-refractivity contribution in [2.45, 2.75) is 13.0 Å². The Bertz CT molecular complexity index is 930. The van der Waals surface area contributed by atoms with Crippen LogP contribution in [0, 0.1) is 0 Å². The number of anilines is 1. The van der Waals surface area contributed by atoms with E-state index in [4.69, 9.17) is 9.84 Å². The van der Waals surface area contributed by atoms with E-state index in [0.717, 1.165) is 16.7 Å². The van der Waals surface area contributed by atoms with Gasteiger partial charge in [0.1, 0.15) is 5.75 Å². The highest BCUT2D eigenvalue weighted by Gasteiger charge is 2.12. The summed E-state index contributed by atoms with van der Waals surface area (Å²) in [6.07, 6.45) is 2.15. The molecule has 0 spiro atoms. The van der Waals surface area contributed by atoms with Crippen LogP contribution in [0.15, 0.2) is 54.7 Å². The number of carboxylic acid groups (broad SMARTS) is 1. The zero-order chi connectivity index (χ0) is 17.8. The Balaban J connectivity index is 1.70. The second kappa shape index (κ2) is 7.09. The van der Waals surface area contributed by atoms with Crippen molar-refractivity contribution in [3.05, 3.63) is 60.3 Å². The number of carbonyl (C=O) groups excluding carboxylic acids is 1. The van der Waals surface area contributed by atoms with Gasteiger partial charge in [-0.15, -0.1) is 0 Å². The summed E-state index contributed by atoms with van der Waals surface area (Å²) in [5, 5.41) is 12.9. The van der Waals surface area contributed by atoms with Crippen molar-refractivity contribution in [3.8, 4) is 5.75 Å². The highest BCUT2D eigenvalue weighted by molar-refractivity contribution is 6.00. The number of nitrogens with one attached hydrogen (secondary N) is 1. The molecule has 1 amide bonds. The number of amides is 1. The predicted molar refractivity (Wildman–Crippen MR) is 95.1 cm³/mol. The van der Waals surface area contributed by atoms with Crippen LogP contribution >= 0.6 is 0 Å². The summed E-state index contributed by atoms with van der Waals surface area (Å²) in [4.78, 5) is 23.4. The van der Waals surface area contributed by atoms with Gasteiger partial charge in [0, 0.05) is 25.2 Å². The maximum Gasteiger partial charge on any atom is 0.337 e. The number of ether oxygens (including phenoxy) is 1. The van der Waals surface area contributed by atoms with Crippen LogP contribution in [0.1, 0.15) is 16.8 Å². The molecule has 25 heavy (non-hydrogen) atoms. The van der Waals surface area contributed by atoms with Gasteiger partial charge >= 0.3 is 5.97 Å². The Labute approximate surface area is 144 Å². The molecule has 0 unspecified atom stereocenters. The lowest BCUT2D eigenvalue weighted by molar-refractivity contribution is -0.116. The van der Waals surface area contributed by atoms with Crippen LogP contribution in [-0.4, -0.2) is 28.7 Å². The van der Waals surface area contributed by atoms with E-state index in [2.05, 4.69) is 5.32 Å².